The molecular weight excluding hydrogens is 128 g/mol. The van der Waals surface area contributed by atoms with E-state index < -0.39 is 5.97 Å². The van der Waals surface area contributed by atoms with Gasteiger partial charge in [-0.1, -0.05) is 20.4 Å². The van der Waals surface area contributed by atoms with E-state index in [0.29, 0.717) is 5.57 Å². The van der Waals surface area contributed by atoms with Gasteiger partial charge < -0.3 is 5.11 Å². The summed E-state index contributed by atoms with van der Waals surface area (Å²) in [7, 11) is 0. The van der Waals surface area contributed by atoms with Crippen molar-refractivity contribution in [3.63, 3.8) is 0 Å². The predicted molar refractivity (Wildman–Crippen MR) is 40.8 cm³/mol. The van der Waals surface area contributed by atoms with Crippen molar-refractivity contribution in [1.82, 2.24) is 0 Å². The molecule has 1 N–H and O–H groups in total. The second-order valence-electron chi connectivity index (χ2n) is 2.34. The highest BCUT2D eigenvalue weighted by Crippen LogP contribution is 2.16. The normalized spacial score (nSPS) is 9.90. The zero-order chi connectivity index (χ0) is 8.15. The lowest BCUT2D eigenvalue weighted by Crippen LogP contribution is -2.09. The van der Waals surface area contributed by atoms with E-state index >= 15 is 0 Å². The van der Waals surface area contributed by atoms with E-state index in [1.165, 1.54) is 0 Å². The Morgan fingerprint density at radius 3 is 2.00 bits per heavy atom. The third kappa shape index (κ3) is 2.21. The van der Waals surface area contributed by atoms with Crippen LogP contribution in [0.1, 0.15) is 26.7 Å². The van der Waals surface area contributed by atoms with Gasteiger partial charge in [-0.05, 0) is 18.8 Å². The van der Waals surface area contributed by atoms with Gasteiger partial charge in [0.2, 0.25) is 0 Å². The molecular formula is C8H14O2. The Labute approximate surface area is 61.6 Å². The van der Waals surface area contributed by atoms with Crippen LogP contribution in [-0.4, -0.2) is 11.1 Å². The topological polar surface area (TPSA) is 37.3 Å². The fourth-order valence-corrected chi connectivity index (χ4v) is 0.956. The molecule has 0 spiro atoms. The van der Waals surface area contributed by atoms with E-state index in [-0.39, 0.29) is 5.92 Å². The molecule has 0 aromatic carbocycles. The first-order valence-electron chi connectivity index (χ1n) is 3.55. The van der Waals surface area contributed by atoms with E-state index in [0.717, 1.165) is 12.8 Å². The van der Waals surface area contributed by atoms with Crippen LogP contribution in [-0.2, 0) is 4.79 Å². The van der Waals surface area contributed by atoms with Gasteiger partial charge >= 0.3 is 5.97 Å². The molecule has 0 bridgehead atoms. The second kappa shape index (κ2) is 4.09. The highest BCUT2D eigenvalue weighted by molar-refractivity contribution is 5.86. The van der Waals surface area contributed by atoms with Crippen LogP contribution in [0.4, 0.5) is 0 Å². The maximum atomic E-state index is 10.4. The molecule has 0 atom stereocenters. The number of hydrogen-bond donors (Lipinski definition) is 1. The lowest BCUT2D eigenvalue weighted by atomic mass is 9.95. The molecule has 0 radical (unpaired) electrons. The maximum Gasteiger partial charge on any atom is 0.331 e. The van der Waals surface area contributed by atoms with Gasteiger partial charge in [-0.2, -0.15) is 0 Å². The Morgan fingerprint density at radius 1 is 1.50 bits per heavy atom. The van der Waals surface area contributed by atoms with Crippen molar-refractivity contribution in [2.45, 2.75) is 26.7 Å². The molecule has 0 unspecified atom stereocenters. The summed E-state index contributed by atoms with van der Waals surface area (Å²) in [6.07, 6.45) is 1.73. The van der Waals surface area contributed by atoms with Crippen LogP contribution in [0.2, 0.25) is 0 Å². The monoisotopic (exact) mass is 142 g/mol. The Hall–Kier alpha value is -0.790. The average molecular weight is 142 g/mol. The van der Waals surface area contributed by atoms with Crippen molar-refractivity contribution in [2.24, 2.45) is 5.92 Å². The summed E-state index contributed by atoms with van der Waals surface area (Å²) in [6.45, 7) is 7.45. The van der Waals surface area contributed by atoms with Gasteiger partial charge in [0.15, 0.2) is 0 Å². The Balaban J connectivity index is 4.02. The molecule has 2 nitrogen and oxygen atoms in total. The number of carboxylic acids is 1. The van der Waals surface area contributed by atoms with E-state index in [1.807, 2.05) is 13.8 Å². The lowest BCUT2D eigenvalue weighted by Gasteiger charge is -2.10. The smallest absolute Gasteiger partial charge is 0.331 e. The van der Waals surface area contributed by atoms with Gasteiger partial charge in [-0.3, -0.25) is 0 Å². The number of rotatable bonds is 4. The summed E-state index contributed by atoms with van der Waals surface area (Å²) >= 11 is 0. The molecule has 0 saturated heterocycles. The summed E-state index contributed by atoms with van der Waals surface area (Å²) in [5.74, 6) is -0.716. The summed E-state index contributed by atoms with van der Waals surface area (Å²) in [6, 6.07) is 0. The number of aliphatic carboxylic acids is 1. The van der Waals surface area contributed by atoms with Crippen molar-refractivity contribution in [3.8, 4) is 0 Å². The zero-order valence-corrected chi connectivity index (χ0v) is 6.55. The first-order valence-corrected chi connectivity index (χ1v) is 3.55. The summed E-state index contributed by atoms with van der Waals surface area (Å²) in [5, 5.41) is 8.52. The van der Waals surface area contributed by atoms with E-state index in [9.17, 15) is 4.79 Å². The van der Waals surface area contributed by atoms with Crippen LogP contribution in [0.5, 0.6) is 0 Å². The maximum absolute atomic E-state index is 10.4. The summed E-state index contributed by atoms with van der Waals surface area (Å²) in [5.41, 5.74) is 0.338. The fraction of sp³-hybridized carbons (Fsp3) is 0.625. The van der Waals surface area contributed by atoms with Crippen molar-refractivity contribution in [2.75, 3.05) is 0 Å². The third-order valence-corrected chi connectivity index (χ3v) is 1.75. The standard InChI is InChI=1S/C8H14O2/c1-4-7(5-2)6(3)8(9)10/h7H,3-5H2,1-2H3,(H,9,10). The minimum Gasteiger partial charge on any atom is -0.478 e. The molecule has 58 valence electrons. The van der Waals surface area contributed by atoms with Crippen molar-refractivity contribution < 1.29 is 9.90 Å². The number of carbonyl (C=O) groups is 1. The third-order valence-electron chi connectivity index (χ3n) is 1.75. The molecule has 0 heterocycles. The van der Waals surface area contributed by atoms with Crippen LogP contribution in [0.15, 0.2) is 12.2 Å². The van der Waals surface area contributed by atoms with E-state index in [2.05, 4.69) is 6.58 Å². The zero-order valence-electron chi connectivity index (χ0n) is 6.55. The first kappa shape index (κ1) is 9.21. The molecule has 0 rings (SSSR count). The SMILES string of the molecule is C=C(C(=O)O)C(CC)CC. The Bertz CT molecular complexity index is 134. The van der Waals surface area contributed by atoms with E-state index in [4.69, 9.17) is 5.11 Å². The number of hydrogen-bond acceptors (Lipinski definition) is 1. The van der Waals surface area contributed by atoms with Gasteiger partial charge in [0, 0.05) is 5.57 Å². The van der Waals surface area contributed by atoms with Crippen molar-refractivity contribution >= 4 is 5.97 Å². The molecule has 0 aromatic heterocycles. The van der Waals surface area contributed by atoms with Gasteiger partial charge in [-0.15, -0.1) is 0 Å². The van der Waals surface area contributed by atoms with Crippen LogP contribution < -0.4 is 0 Å². The van der Waals surface area contributed by atoms with Gasteiger partial charge in [0.1, 0.15) is 0 Å². The summed E-state index contributed by atoms with van der Waals surface area (Å²) < 4.78 is 0. The minimum atomic E-state index is -0.867. The minimum absolute atomic E-state index is 0.150. The Kier molecular flexibility index (Phi) is 3.77. The van der Waals surface area contributed by atoms with Crippen molar-refractivity contribution in [1.29, 1.82) is 0 Å². The van der Waals surface area contributed by atoms with E-state index in [1.54, 1.807) is 0 Å². The van der Waals surface area contributed by atoms with Gasteiger partial charge in [-0.25, -0.2) is 4.79 Å². The summed E-state index contributed by atoms with van der Waals surface area (Å²) in [4.78, 5) is 10.4. The molecule has 0 aliphatic carbocycles. The largest absolute Gasteiger partial charge is 0.478 e. The van der Waals surface area contributed by atoms with Gasteiger partial charge in [0.05, 0.1) is 0 Å². The molecule has 0 aliphatic rings. The molecule has 0 fully saturated rings. The quantitative estimate of drug-likeness (QED) is 0.610. The molecule has 0 aliphatic heterocycles. The van der Waals surface area contributed by atoms with Crippen molar-refractivity contribution in [3.05, 3.63) is 12.2 Å². The van der Waals surface area contributed by atoms with Gasteiger partial charge in [0.25, 0.3) is 0 Å². The highest BCUT2D eigenvalue weighted by Gasteiger charge is 2.13. The first-order chi connectivity index (χ1) is 4.63. The lowest BCUT2D eigenvalue weighted by molar-refractivity contribution is -0.133. The van der Waals surface area contributed by atoms with Crippen LogP contribution in [0.25, 0.3) is 0 Å². The highest BCUT2D eigenvalue weighted by atomic mass is 16.4. The molecule has 10 heavy (non-hydrogen) atoms. The molecule has 2 heteroatoms. The molecule has 0 aromatic rings. The van der Waals surface area contributed by atoms with Crippen LogP contribution in [0.3, 0.4) is 0 Å². The number of carboxylic acid groups (broad SMARTS) is 1. The fourth-order valence-electron chi connectivity index (χ4n) is 0.956. The molecule has 0 amide bonds. The predicted octanol–water partition coefficient (Wildman–Crippen LogP) is 2.06. The average Bonchev–Trinajstić information content (AvgIpc) is 1.90. The van der Waals surface area contributed by atoms with Crippen LogP contribution >= 0.6 is 0 Å². The molecule has 0 saturated carbocycles. The van der Waals surface area contributed by atoms with Crippen LogP contribution in [0, 0.1) is 5.92 Å². The second-order valence-corrected chi connectivity index (χ2v) is 2.34. The Morgan fingerprint density at radius 2 is 1.90 bits per heavy atom.